The van der Waals surface area contributed by atoms with Gasteiger partial charge in [0.15, 0.2) is 0 Å². The van der Waals surface area contributed by atoms with Crippen LogP contribution in [-0.4, -0.2) is 38.3 Å². The lowest BCUT2D eigenvalue weighted by Crippen LogP contribution is -2.36. The predicted molar refractivity (Wildman–Crippen MR) is 64.3 cm³/mol. The summed E-state index contributed by atoms with van der Waals surface area (Å²) in [4.78, 5) is 11.6. The molecule has 1 rings (SSSR count). The van der Waals surface area contributed by atoms with Crippen molar-refractivity contribution >= 4 is 5.91 Å². The molecule has 0 spiro atoms. The summed E-state index contributed by atoms with van der Waals surface area (Å²) in [6, 6.07) is 0.120. The van der Waals surface area contributed by atoms with Gasteiger partial charge in [0.2, 0.25) is 5.91 Å². The van der Waals surface area contributed by atoms with Crippen LogP contribution in [0.2, 0.25) is 0 Å². The molecule has 2 unspecified atom stereocenters. The zero-order valence-corrected chi connectivity index (χ0v) is 10.4. The summed E-state index contributed by atoms with van der Waals surface area (Å²) in [6.45, 7) is 7.42. The largest absolute Gasteiger partial charge is 0.380 e. The number of hydrogen-bond donors (Lipinski definition) is 2. The number of carbonyl (C=O) groups excluding carboxylic acids is 1. The number of nitrogens with one attached hydrogen (secondary N) is 2. The average Bonchev–Trinajstić information content (AvgIpc) is 2.76. The van der Waals surface area contributed by atoms with E-state index in [2.05, 4.69) is 10.6 Å². The summed E-state index contributed by atoms with van der Waals surface area (Å²) in [5.74, 6) is 0.840. The molecule has 1 saturated heterocycles. The smallest absolute Gasteiger partial charge is 0.220 e. The molecule has 16 heavy (non-hydrogen) atoms. The lowest BCUT2D eigenvalue weighted by molar-refractivity contribution is -0.122. The fraction of sp³-hybridized carbons (Fsp3) is 0.917. The van der Waals surface area contributed by atoms with E-state index >= 15 is 0 Å². The van der Waals surface area contributed by atoms with E-state index in [0.717, 1.165) is 19.5 Å². The lowest BCUT2D eigenvalue weighted by atomic mass is 10.0. The van der Waals surface area contributed by atoms with Crippen LogP contribution in [0.25, 0.3) is 0 Å². The normalized spacial score (nSPS) is 22.0. The molecule has 0 aromatic carbocycles. The van der Waals surface area contributed by atoms with Crippen LogP contribution in [0, 0.1) is 5.92 Å². The van der Waals surface area contributed by atoms with Gasteiger partial charge < -0.3 is 15.4 Å². The fourth-order valence-corrected chi connectivity index (χ4v) is 1.98. The van der Waals surface area contributed by atoms with Crippen molar-refractivity contribution in [2.24, 2.45) is 5.92 Å². The summed E-state index contributed by atoms with van der Waals surface area (Å²) in [5, 5.41) is 6.27. The van der Waals surface area contributed by atoms with E-state index in [4.69, 9.17) is 4.74 Å². The molecule has 2 atom stereocenters. The number of amides is 1. The van der Waals surface area contributed by atoms with Gasteiger partial charge in [-0.25, -0.2) is 0 Å². The third-order valence-electron chi connectivity index (χ3n) is 2.92. The van der Waals surface area contributed by atoms with E-state index < -0.39 is 0 Å². The molecular weight excluding hydrogens is 204 g/mol. The Morgan fingerprint density at radius 2 is 2.44 bits per heavy atom. The van der Waals surface area contributed by atoms with E-state index in [9.17, 15) is 4.79 Å². The molecule has 4 nitrogen and oxygen atoms in total. The highest BCUT2D eigenvalue weighted by molar-refractivity contribution is 5.76. The van der Waals surface area contributed by atoms with Gasteiger partial charge in [0.1, 0.15) is 0 Å². The Morgan fingerprint density at radius 1 is 1.62 bits per heavy atom. The van der Waals surface area contributed by atoms with Crippen molar-refractivity contribution in [1.29, 1.82) is 0 Å². The summed E-state index contributed by atoms with van der Waals surface area (Å²) >= 11 is 0. The molecule has 2 N–H and O–H groups in total. The van der Waals surface area contributed by atoms with Crippen LogP contribution in [0.1, 0.15) is 33.1 Å². The predicted octanol–water partition coefficient (Wildman–Crippen LogP) is 0.917. The van der Waals surface area contributed by atoms with Crippen LogP contribution in [0.4, 0.5) is 0 Å². The molecule has 0 aromatic rings. The third kappa shape index (κ3) is 5.47. The van der Waals surface area contributed by atoms with Crippen molar-refractivity contribution in [2.75, 3.05) is 26.3 Å². The summed E-state index contributed by atoms with van der Waals surface area (Å²) in [5.41, 5.74) is 0. The van der Waals surface area contributed by atoms with Gasteiger partial charge in [-0.05, 0) is 45.7 Å². The minimum Gasteiger partial charge on any atom is -0.380 e. The number of hydrogen-bond acceptors (Lipinski definition) is 3. The van der Waals surface area contributed by atoms with Gasteiger partial charge in [-0.15, -0.1) is 0 Å². The molecule has 0 bridgehead atoms. The van der Waals surface area contributed by atoms with Crippen LogP contribution in [0.5, 0.6) is 0 Å². The van der Waals surface area contributed by atoms with Crippen molar-refractivity contribution in [3.63, 3.8) is 0 Å². The zero-order valence-electron chi connectivity index (χ0n) is 10.4. The van der Waals surface area contributed by atoms with Crippen molar-refractivity contribution in [2.45, 2.75) is 39.2 Å². The second-order valence-electron chi connectivity index (χ2n) is 4.53. The van der Waals surface area contributed by atoms with Crippen LogP contribution in [-0.2, 0) is 9.53 Å². The van der Waals surface area contributed by atoms with Gasteiger partial charge in [-0.1, -0.05) is 0 Å². The minimum atomic E-state index is 0.120. The molecule has 1 fully saturated rings. The molecule has 0 aliphatic carbocycles. The Kier molecular flexibility index (Phi) is 6.42. The SMILES string of the molecule is CCOCC(C)NC(=O)CCC1CCNC1. The highest BCUT2D eigenvalue weighted by Crippen LogP contribution is 2.13. The second-order valence-corrected chi connectivity index (χ2v) is 4.53. The van der Waals surface area contributed by atoms with E-state index in [0.29, 0.717) is 25.6 Å². The van der Waals surface area contributed by atoms with Crippen molar-refractivity contribution < 1.29 is 9.53 Å². The maximum Gasteiger partial charge on any atom is 0.220 e. The molecule has 0 saturated carbocycles. The number of ether oxygens (including phenoxy) is 1. The summed E-state index contributed by atoms with van der Waals surface area (Å²) in [7, 11) is 0. The van der Waals surface area contributed by atoms with E-state index in [-0.39, 0.29) is 11.9 Å². The first-order chi connectivity index (χ1) is 7.72. The van der Waals surface area contributed by atoms with E-state index in [1.807, 2.05) is 13.8 Å². The maximum absolute atomic E-state index is 11.6. The van der Waals surface area contributed by atoms with Gasteiger partial charge in [0.25, 0.3) is 0 Å². The summed E-state index contributed by atoms with van der Waals surface area (Å²) in [6.07, 6.45) is 2.85. The van der Waals surface area contributed by atoms with Gasteiger partial charge >= 0.3 is 0 Å². The molecule has 1 aliphatic rings. The molecule has 1 aliphatic heterocycles. The van der Waals surface area contributed by atoms with Gasteiger partial charge in [-0.2, -0.15) is 0 Å². The molecule has 1 heterocycles. The minimum absolute atomic E-state index is 0.120. The fourth-order valence-electron chi connectivity index (χ4n) is 1.98. The molecule has 0 radical (unpaired) electrons. The Labute approximate surface area is 98.1 Å². The average molecular weight is 228 g/mol. The van der Waals surface area contributed by atoms with Gasteiger partial charge in [0.05, 0.1) is 6.61 Å². The Balaban J connectivity index is 2.05. The van der Waals surface area contributed by atoms with E-state index in [1.165, 1.54) is 6.42 Å². The molecular formula is C12H24N2O2. The van der Waals surface area contributed by atoms with Crippen molar-refractivity contribution in [1.82, 2.24) is 10.6 Å². The summed E-state index contributed by atoms with van der Waals surface area (Å²) < 4.78 is 5.25. The number of rotatable bonds is 7. The van der Waals surface area contributed by atoms with E-state index in [1.54, 1.807) is 0 Å². The first-order valence-electron chi connectivity index (χ1n) is 6.30. The Hall–Kier alpha value is -0.610. The Bertz CT molecular complexity index is 203. The van der Waals surface area contributed by atoms with Crippen LogP contribution >= 0.6 is 0 Å². The topological polar surface area (TPSA) is 50.4 Å². The van der Waals surface area contributed by atoms with Crippen LogP contribution in [0.15, 0.2) is 0 Å². The molecule has 4 heteroatoms. The first kappa shape index (κ1) is 13.5. The third-order valence-corrected chi connectivity index (χ3v) is 2.92. The Morgan fingerprint density at radius 3 is 3.06 bits per heavy atom. The molecule has 94 valence electrons. The van der Waals surface area contributed by atoms with Gasteiger partial charge in [0, 0.05) is 19.1 Å². The van der Waals surface area contributed by atoms with Crippen molar-refractivity contribution in [3.8, 4) is 0 Å². The quantitative estimate of drug-likeness (QED) is 0.681. The number of carbonyl (C=O) groups is 1. The van der Waals surface area contributed by atoms with Crippen molar-refractivity contribution in [3.05, 3.63) is 0 Å². The first-order valence-corrected chi connectivity index (χ1v) is 6.30. The zero-order chi connectivity index (χ0) is 11.8. The monoisotopic (exact) mass is 228 g/mol. The van der Waals surface area contributed by atoms with Gasteiger partial charge in [-0.3, -0.25) is 4.79 Å². The van der Waals surface area contributed by atoms with Crippen LogP contribution < -0.4 is 10.6 Å². The standard InChI is InChI=1S/C12H24N2O2/c1-3-16-9-10(2)14-12(15)5-4-11-6-7-13-8-11/h10-11,13H,3-9H2,1-2H3,(H,14,15). The van der Waals surface area contributed by atoms with Crippen LogP contribution in [0.3, 0.4) is 0 Å². The lowest BCUT2D eigenvalue weighted by Gasteiger charge is -2.14. The highest BCUT2D eigenvalue weighted by atomic mass is 16.5. The highest BCUT2D eigenvalue weighted by Gasteiger charge is 2.16. The molecule has 0 aromatic heterocycles. The molecule has 1 amide bonds. The second kappa shape index (κ2) is 7.63. The maximum atomic E-state index is 11.6.